The Hall–Kier alpha value is -0.770. The zero-order chi connectivity index (χ0) is 12.3. The van der Waals surface area contributed by atoms with Crippen LogP contribution in [0.3, 0.4) is 0 Å². The third-order valence-corrected chi connectivity index (χ3v) is 4.23. The van der Waals surface area contributed by atoms with E-state index >= 15 is 0 Å². The van der Waals surface area contributed by atoms with Crippen molar-refractivity contribution in [2.24, 2.45) is 22.2 Å². The molecule has 0 radical (unpaired) electrons. The quantitative estimate of drug-likeness (QED) is 0.336. The van der Waals surface area contributed by atoms with E-state index in [0.717, 1.165) is 25.4 Å². The van der Waals surface area contributed by atoms with Crippen LogP contribution in [0.4, 0.5) is 0 Å². The predicted molar refractivity (Wildman–Crippen MR) is 67.1 cm³/mol. The molecule has 0 saturated heterocycles. The lowest BCUT2D eigenvalue weighted by Gasteiger charge is -2.28. The highest BCUT2D eigenvalue weighted by Crippen LogP contribution is 2.49. The number of rotatable bonds is 5. The first-order valence-electron chi connectivity index (χ1n) is 6.71. The van der Waals surface area contributed by atoms with Gasteiger partial charge in [0.15, 0.2) is 0 Å². The standard InChI is InChI=1S/C13H24N2O2/c1-10-2-4-11(5-3-10)17-9-13(6-7-13)8-12(14)15-16/h10-11,16H,2-9H2,1H3,(H2,14,15). The first-order chi connectivity index (χ1) is 8.13. The largest absolute Gasteiger partial charge is 0.409 e. The van der Waals surface area contributed by atoms with Gasteiger partial charge in [0.05, 0.1) is 12.7 Å². The van der Waals surface area contributed by atoms with Crippen LogP contribution in [0.15, 0.2) is 5.16 Å². The molecule has 0 amide bonds. The summed E-state index contributed by atoms with van der Waals surface area (Å²) in [6.07, 6.45) is 8.37. The predicted octanol–water partition coefficient (Wildman–Crippen LogP) is 2.50. The number of amidine groups is 1. The summed E-state index contributed by atoms with van der Waals surface area (Å²) < 4.78 is 6.01. The van der Waals surface area contributed by atoms with Crippen LogP contribution in [0.2, 0.25) is 0 Å². The van der Waals surface area contributed by atoms with Gasteiger partial charge in [-0.05, 0) is 44.4 Å². The summed E-state index contributed by atoms with van der Waals surface area (Å²) in [5.41, 5.74) is 5.75. The maximum Gasteiger partial charge on any atom is 0.139 e. The van der Waals surface area contributed by atoms with Gasteiger partial charge in [-0.2, -0.15) is 0 Å². The second kappa shape index (κ2) is 5.25. The van der Waals surface area contributed by atoms with Gasteiger partial charge in [0, 0.05) is 11.8 Å². The summed E-state index contributed by atoms with van der Waals surface area (Å²) in [6, 6.07) is 0. The normalized spacial score (nSPS) is 32.4. The Bertz CT molecular complexity index is 279. The lowest BCUT2D eigenvalue weighted by Crippen LogP contribution is -2.26. The van der Waals surface area contributed by atoms with Crippen LogP contribution in [-0.2, 0) is 4.74 Å². The van der Waals surface area contributed by atoms with E-state index in [0.29, 0.717) is 18.4 Å². The van der Waals surface area contributed by atoms with Crippen LogP contribution < -0.4 is 5.73 Å². The molecule has 2 rings (SSSR count). The van der Waals surface area contributed by atoms with Gasteiger partial charge in [0.1, 0.15) is 5.84 Å². The lowest BCUT2D eigenvalue weighted by molar-refractivity contribution is -0.00391. The summed E-state index contributed by atoms with van der Waals surface area (Å²) >= 11 is 0. The van der Waals surface area contributed by atoms with Crippen LogP contribution in [0.25, 0.3) is 0 Å². The molecule has 0 aromatic carbocycles. The van der Waals surface area contributed by atoms with Gasteiger partial charge in [0.25, 0.3) is 0 Å². The van der Waals surface area contributed by atoms with Gasteiger partial charge in [-0.3, -0.25) is 0 Å². The fourth-order valence-electron chi connectivity index (χ4n) is 2.66. The zero-order valence-corrected chi connectivity index (χ0v) is 10.7. The van der Waals surface area contributed by atoms with E-state index in [9.17, 15) is 0 Å². The highest BCUT2D eigenvalue weighted by atomic mass is 16.5. The van der Waals surface area contributed by atoms with Gasteiger partial charge < -0.3 is 15.7 Å². The summed E-state index contributed by atoms with van der Waals surface area (Å²) in [4.78, 5) is 0. The van der Waals surface area contributed by atoms with Gasteiger partial charge >= 0.3 is 0 Å². The molecular formula is C13H24N2O2. The van der Waals surface area contributed by atoms with Crippen LogP contribution >= 0.6 is 0 Å². The molecule has 2 aliphatic rings. The van der Waals surface area contributed by atoms with Crippen molar-refractivity contribution in [2.75, 3.05) is 6.61 Å². The molecule has 4 heteroatoms. The average Bonchev–Trinajstić information content (AvgIpc) is 3.09. The topological polar surface area (TPSA) is 67.8 Å². The first kappa shape index (κ1) is 12.7. The Labute approximate surface area is 103 Å². The lowest BCUT2D eigenvalue weighted by atomic mass is 9.89. The van der Waals surface area contributed by atoms with Crippen molar-refractivity contribution in [3.05, 3.63) is 0 Å². The molecule has 98 valence electrons. The van der Waals surface area contributed by atoms with E-state index < -0.39 is 0 Å². The molecule has 4 nitrogen and oxygen atoms in total. The number of ether oxygens (including phenoxy) is 1. The SMILES string of the molecule is CC1CCC(OCC2(CC(N)=NO)CC2)CC1. The third kappa shape index (κ3) is 3.60. The van der Waals surface area contributed by atoms with Crippen molar-refractivity contribution < 1.29 is 9.94 Å². The van der Waals surface area contributed by atoms with Gasteiger partial charge in [-0.25, -0.2) is 0 Å². The Morgan fingerprint density at radius 1 is 1.35 bits per heavy atom. The summed E-state index contributed by atoms with van der Waals surface area (Å²) in [5.74, 6) is 1.20. The van der Waals surface area contributed by atoms with Crippen molar-refractivity contribution in [3.63, 3.8) is 0 Å². The molecule has 0 aromatic rings. The van der Waals surface area contributed by atoms with E-state index in [1.165, 1.54) is 25.7 Å². The summed E-state index contributed by atoms with van der Waals surface area (Å²) in [6.45, 7) is 3.10. The Morgan fingerprint density at radius 3 is 2.53 bits per heavy atom. The Balaban J connectivity index is 1.71. The third-order valence-electron chi connectivity index (χ3n) is 4.23. The van der Waals surface area contributed by atoms with E-state index in [4.69, 9.17) is 15.7 Å². The number of hydrogen-bond acceptors (Lipinski definition) is 3. The number of hydrogen-bond donors (Lipinski definition) is 2. The van der Waals surface area contributed by atoms with E-state index in [-0.39, 0.29) is 5.41 Å². The fourth-order valence-corrected chi connectivity index (χ4v) is 2.66. The van der Waals surface area contributed by atoms with Crippen LogP contribution in [0.5, 0.6) is 0 Å². The molecule has 2 saturated carbocycles. The molecule has 17 heavy (non-hydrogen) atoms. The zero-order valence-electron chi connectivity index (χ0n) is 10.7. The average molecular weight is 240 g/mol. The number of oxime groups is 1. The van der Waals surface area contributed by atoms with Crippen molar-refractivity contribution in [1.82, 2.24) is 0 Å². The highest BCUT2D eigenvalue weighted by molar-refractivity contribution is 5.80. The fraction of sp³-hybridized carbons (Fsp3) is 0.923. The number of nitrogens with two attached hydrogens (primary N) is 1. The molecule has 2 aliphatic carbocycles. The molecule has 2 fully saturated rings. The van der Waals surface area contributed by atoms with Crippen molar-refractivity contribution in [1.29, 1.82) is 0 Å². The van der Waals surface area contributed by atoms with E-state index in [1.807, 2.05) is 0 Å². The second-order valence-electron chi connectivity index (χ2n) is 5.96. The molecule has 0 atom stereocenters. The minimum Gasteiger partial charge on any atom is -0.409 e. The molecule has 0 spiro atoms. The van der Waals surface area contributed by atoms with E-state index in [2.05, 4.69) is 12.1 Å². The monoisotopic (exact) mass is 240 g/mol. The molecule has 0 unspecified atom stereocenters. The maximum atomic E-state index is 8.59. The van der Waals surface area contributed by atoms with Crippen molar-refractivity contribution in [2.45, 2.75) is 58.0 Å². The van der Waals surface area contributed by atoms with Crippen LogP contribution in [-0.4, -0.2) is 23.8 Å². The molecule has 0 aromatic heterocycles. The minimum absolute atomic E-state index is 0.180. The van der Waals surface area contributed by atoms with Crippen LogP contribution in [0, 0.1) is 11.3 Å². The molecular weight excluding hydrogens is 216 g/mol. The smallest absolute Gasteiger partial charge is 0.139 e. The van der Waals surface area contributed by atoms with Crippen molar-refractivity contribution >= 4 is 5.84 Å². The Morgan fingerprint density at radius 2 is 2.00 bits per heavy atom. The summed E-state index contributed by atoms with van der Waals surface area (Å²) in [7, 11) is 0. The van der Waals surface area contributed by atoms with Gasteiger partial charge in [-0.15, -0.1) is 0 Å². The van der Waals surface area contributed by atoms with Gasteiger partial charge in [0.2, 0.25) is 0 Å². The summed E-state index contributed by atoms with van der Waals surface area (Å²) in [5, 5.41) is 11.7. The van der Waals surface area contributed by atoms with E-state index in [1.54, 1.807) is 0 Å². The van der Waals surface area contributed by atoms with Crippen LogP contribution in [0.1, 0.15) is 51.9 Å². The first-order valence-corrected chi connectivity index (χ1v) is 6.71. The van der Waals surface area contributed by atoms with Gasteiger partial charge in [-0.1, -0.05) is 12.1 Å². The number of nitrogens with zero attached hydrogens (tertiary/aromatic N) is 1. The Kier molecular flexibility index (Phi) is 3.92. The molecule has 0 bridgehead atoms. The molecule has 3 N–H and O–H groups in total. The molecule has 0 aliphatic heterocycles. The minimum atomic E-state index is 0.180. The van der Waals surface area contributed by atoms with Crippen molar-refractivity contribution in [3.8, 4) is 0 Å². The second-order valence-corrected chi connectivity index (χ2v) is 5.96. The highest BCUT2D eigenvalue weighted by Gasteiger charge is 2.44. The maximum absolute atomic E-state index is 8.59. The molecule has 0 heterocycles.